The first-order valence-corrected chi connectivity index (χ1v) is 8.24. The zero-order valence-corrected chi connectivity index (χ0v) is 14.1. The van der Waals surface area contributed by atoms with E-state index in [-0.39, 0.29) is 18.4 Å². The molecule has 122 valence electrons. The molecular weight excluding hydrogens is 312 g/mol. The van der Waals surface area contributed by atoms with Crippen molar-refractivity contribution in [3.8, 4) is 5.75 Å². The molecule has 1 aromatic heterocycles. The fourth-order valence-corrected chi connectivity index (χ4v) is 2.73. The fraction of sp³-hybridized carbons (Fsp3) is 0.294. The molecular formula is C17H20N2O3S. The van der Waals surface area contributed by atoms with Crippen LogP contribution in [0.15, 0.2) is 41.8 Å². The van der Waals surface area contributed by atoms with Crippen LogP contribution in [-0.2, 0) is 11.3 Å². The smallest absolute Gasteiger partial charge is 0.261 e. The average Bonchev–Trinajstić information content (AvgIpc) is 3.12. The second kappa shape index (κ2) is 8.33. The summed E-state index contributed by atoms with van der Waals surface area (Å²) in [5.41, 5.74) is 1.02. The van der Waals surface area contributed by atoms with E-state index < -0.39 is 0 Å². The maximum absolute atomic E-state index is 12.3. The number of rotatable bonds is 7. The minimum atomic E-state index is -0.214. The van der Waals surface area contributed by atoms with Crippen LogP contribution < -0.4 is 10.1 Å². The molecule has 2 amide bonds. The Hall–Kier alpha value is -2.34. The number of carbonyl (C=O) groups excluding carboxylic acids is 2. The van der Waals surface area contributed by atoms with E-state index in [0.29, 0.717) is 18.0 Å². The minimum absolute atomic E-state index is 0.000722. The Kier molecular flexibility index (Phi) is 6.17. The SMILES string of the molecule is CCN(Cc1ccc(OC)cc1)C(=O)CNC(=O)c1cccs1. The second-order valence-corrected chi connectivity index (χ2v) is 5.86. The lowest BCUT2D eigenvalue weighted by atomic mass is 10.2. The average molecular weight is 332 g/mol. The predicted octanol–water partition coefficient (Wildman–Crippen LogP) is 2.54. The van der Waals surface area contributed by atoms with Crippen molar-refractivity contribution in [2.75, 3.05) is 20.2 Å². The molecule has 0 unspecified atom stereocenters. The van der Waals surface area contributed by atoms with Crippen LogP contribution in [0.2, 0.25) is 0 Å². The van der Waals surface area contributed by atoms with Gasteiger partial charge in [0.2, 0.25) is 5.91 Å². The number of hydrogen-bond acceptors (Lipinski definition) is 4. The first-order chi connectivity index (χ1) is 11.1. The summed E-state index contributed by atoms with van der Waals surface area (Å²) in [6.07, 6.45) is 0. The third-order valence-electron chi connectivity index (χ3n) is 3.41. The Morgan fingerprint density at radius 1 is 1.22 bits per heavy atom. The molecule has 23 heavy (non-hydrogen) atoms. The van der Waals surface area contributed by atoms with Crippen molar-refractivity contribution in [1.29, 1.82) is 0 Å². The van der Waals surface area contributed by atoms with Gasteiger partial charge in [0.05, 0.1) is 18.5 Å². The number of benzene rings is 1. The fourth-order valence-electron chi connectivity index (χ4n) is 2.09. The van der Waals surface area contributed by atoms with E-state index in [2.05, 4.69) is 5.32 Å². The summed E-state index contributed by atoms with van der Waals surface area (Å²) in [7, 11) is 1.62. The molecule has 1 N–H and O–H groups in total. The molecule has 0 aliphatic heterocycles. The number of nitrogens with zero attached hydrogens (tertiary/aromatic N) is 1. The van der Waals surface area contributed by atoms with Crippen molar-refractivity contribution in [1.82, 2.24) is 10.2 Å². The van der Waals surface area contributed by atoms with Gasteiger partial charge < -0.3 is 15.0 Å². The number of carbonyl (C=O) groups is 2. The van der Waals surface area contributed by atoms with Crippen LogP contribution in [0.25, 0.3) is 0 Å². The lowest BCUT2D eigenvalue weighted by Gasteiger charge is -2.21. The highest BCUT2D eigenvalue weighted by atomic mass is 32.1. The maximum Gasteiger partial charge on any atom is 0.261 e. The minimum Gasteiger partial charge on any atom is -0.497 e. The molecule has 0 spiro atoms. The second-order valence-electron chi connectivity index (χ2n) is 4.92. The van der Waals surface area contributed by atoms with E-state index >= 15 is 0 Å². The molecule has 1 heterocycles. The molecule has 2 rings (SSSR count). The zero-order valence-electron chi connectivity index (χ0n) is 13.2. The summed E-state index contributed by atoms with van der Waals surface area (Å²) in [6, 6.07) is 11.1. The maximum atomic E-state index is 12.3. The first kappa shape index (κ1) is 17.0. The van der Waals surface area contributed by atoms with Crippen LogP contribution >= 0.6 is 11.3 Å². The van der Waals surface area contributed by atoms with Gasteiger partial charge in [0, 0.05) is 13.1 Å². The van der Waals surface area contributed by atoms with E-state index in [1.54, 1.807) is 18.1 Å². The number of thiophene rings is 1. The van der Waals surface area contributed by atoms with Crippen molar-refractivity contribution in [2.45, 2.75) is 13.5 Å². The lowest BCUT2D eigenvalue weighted by molar-refractivity contribution is -0.130. The van der Waals surface area contributed by atoms with Crippen LogP contribution in [0.3, 0.4) is 0 Å². The van der Waals surface area contributed by atoms with E-state index in [1.807, 2.05) is 42.6 Å². The molecule has 0 saturated heterocycles. The van der Waals surface area contributed by atoms with Gasteiger partial charge in [-0.1, -0.05) is 18.2 Å². The molecule has 0 aliphatic rings. The van der Waals surface area contributed by atoms with Crippen LogP contribution in [0.1, 0.15) is 22.2 Å². The van der Waals surface area contributed by atoms with Gasteiger partial charge in [-0.15, -0.1) is 11.3 Å². The quantitative estimate of drug-likeness (QED) is 0.848. The molecule has 0 bridgehead atoms. The molecule has 0 radical (unpaired) electrons. The Morgan fingerprint density at radius 3 is 2.52 bits per heavy atom. The molecule has 0 saturated carbocycles. The highest BCUT2D eigenvalue weighted by molar-refractivity contribution is 7.12. The number of ether oxygens (including phenoxy) is 1. The van der Waals surface area contributed by atoms with E-state index in [1.165, 1.54) is 11.3 Å². The van der Waals surface area contributed by atoms with Gasteiger partial charge in [0.25, 0.3) is 5.91 Å². The third-order valence-corrected chi connectivity index (χ3v) is 4.28. The summed E-state index contributed by atoms with van der Waals surface area (Å²) < 4.78 is 5.12. The van der Waals surface area contributed by atoms with Crippen molar-refractivity contribution in [2.24, 2.45) is 0 Å². The van der Waals surface area contributed by atoms with Crippen molar-refractivity contribution < 1.29 is 14.3 Å². The first-order valence-electron chi connectivity index (χ1n) is 7.36. The van der Waals surface area contributed by atoms with Crippen LogP contribution in [0.5, 0.6) is 5.75 Å². The number of hydrogen-bond donors (Lipinski definition) is 1. The van der Waals surface area contributed by atoms with Crippen LogP contribution in [0, 0.1) is 0 Å². The summed E-state index contributed by atoms with van der Waals surface area (Å²) in [4.78, 5) is 26.4. The summed E-state index contributed by atoms with van der Waals surface area (Å²) in [6.45, 7) is 3.01. The molecule has 1 aromatic carbocycles. The van der Waals surface area contributed by atoms with Gasteiger partial charge in [-0.05, 0) is 36.1 Å². The summed E-state index contributed by atoms with van der Waals surface area (Å²) in [5, 5.41) is 4.50. The van der Waals surface area contributed by atoms with Gasteiger partial charge >= 0.3 is 0 Å². The van der Waals surface area contributed by atoms with E-state index in [9.17, 15) is 9.59 Å². The third kappa shape index (κ3) is 4.82. The number of likely N-dealkylation sites (N-methyl/N-ethyl adjacent to an activating group) is 1. The van der Waals surface area contributed by atoms with Gasteiger partial charge in [-0.2, -0.15) is 0 Å². The van der Waals surface area contributed by atoms with Crippen molar-refractivity contribution in [3.63, 3.8) is 0 Å². The summed E-state index contributed by atoms with van der Waals surface area (Å²) >= 11 is 1.35. The summed E-state index contributed by atoms with van der Waals surface area (Å²) in [5.74, 6) is 0.466. The molecule has 0 atom stereocenters. The molecule has 5 nitrogen and oxygen atoms in total. The van der Waals surface area contributed by atoms with Gasteiger partial charge in [0.1, 0.15) is 5.75 Å². The number of amides is 2. The largest absolute Gasteiger partial charge is 0.497 e. The Balaban J connectivity index is 1.88. The highest BCUT2D eigenvalue weighted by Gasteiger charge is 2.14. The predicted molar refractivity (Wildman–Crippen MR) is 90.7 cm³/mol. The number of nitrogens with one attached hydrogen (secondary N) is 1. The molecule has 0 fully saturated rings. The van der Waals surface area contributed by atoms with Crippen molar-refractivity contribution >= 4 is 23.2 Å². The molecule has 2 aromatic rings. The van der Waals surface area contributed by atoms with Gasteiger partial charge in [0.15, 0.2) is 0 Å². The standard InChI is InChI=1S/C17H20N2O3S/c1-3-19(12-13-6-8-14(22-2)9-7-13)16(20)11-18-17(21)15-5-4-10-23-15/h4-10H,3,11-12H2,1-2H3,(H,18,21). The normalized spacial score (nSPS) is 10.2. The topological polar surface area (TPSA) is 58.6 Å². The van der Waals surface area contributed by atoms with E-state index in [4.69, 9.17) is 4.74 Å². The Morgan fingerprint density at radius 2 is 1.96 bits per heavy atom. The Labute approximate surface area is 139 Å². The Bertz CT molecular complexity index is 638. The molecule has 6 heteroatoms. The van der Waals surface area contributed by atoms with E-state index in [0.717, 1.165) is 11.3 Å². The lowest BCUT2D eigenvalue weighted by Crippen LogP contribution is -2.39. The van der Waals surface area contributed by atoms with Gasteiger partial charge in [-0.25, -0.2) is 0 Å². The number of methoxy groups -OCH3 is 1. The molecule has 0 aliphatic carbocycles. The van der Waals surface area contributed by atoms with Crippen LogP contribution in [-0.4, -0.2) is 36.9 Å². The van der Waals surface area contributed by atoms with Crippen LogP contribution in [0.4, 0.5) is 0 Å². The monoisotopic (exact) mass is 332 g/mol. The zero-order chi connectivity index (χ0) is 16.7. The van der Waals surface area contributed by atoms with Crippen molar-refractivity contribution in [3.05, 3.63) is 52.2 Å². The highest BCUT2D eigenvalue weighted by Crippen LogP contribution is 2.13. The van der Waals surface area contributed by atoms with Gasteiger partial charge in [-0.3, -0.25) is 9.59 Å².